The first-order valence-corrected chi connectivity index (χ1v) is 10.5. The number of rotatable bonds is 7. The lowest BCUT2D eigenvalue weighted by molar-refractivity contribution is 0.0745. The Kier molecular flexibility index (Phi) is 6.77. The van der Waals surface area contributed by atoms with Crippen molar-refractivity contribution in [3.8, 4) is 28.9 Å². The minimum absolute atomic E-state index is 0.0911. The first-order valence-electron chi connectivity index (χ1n) is 10.5. The molecule has 3 aromatic rings. The maximum absolute atomic E-state index is 13.1. The molecule has 1 fully saturated rings. The minimum Gasteiger partial charge on any atom is -0.493 e. The Morgan fingerprint density at radius 1 is 0.818 bits per heavy atom. The van der Waals surface area contributed by atoms with E-state index in [0.29, 0.717) is 60.6 Å². The van der Waals surface area contributed by atoms with E-state index in [-0.39, 0.29) is 5.91 Å². The Hall–Kier alpha value is -4.01. The summed E-state index contributed by atoms with van der Waals surface area (Å²) in [5.74, 6) is 3.15. The molecular formula is C24H26N4O5. The lowest BCUT2D eigenvalue weighted by Gasteiger charge is -2.35. The fourth-order valence-electron chi connectivity index (χ4n) is 3.67. The molecule has 1 saturated heterocycles. The molecule has 33 heavy (non-hydrogen) atoms. The maximum Gasteiger partial charge on any atom is 0.254 e. The van der Waals surface area contributed by atoms with Crippen molar-refractivity contribution < 1.29 is 23.7 Å². The average Bonchev–Trinajstić information content (AvgIpc) is 2.88. The van der Waals surface area contributed by atoms with Crippen LogP contribution in [-0.4, -0.2) is 68.5 Å². The van der Waals surface area contributed by atoms with Crippen LogP contribution in [0.1, 0.15) is 10.4 Å². The van der Waals surface area contributed by atoms with Gasteiger partial charge in [0.15, 0.2) is 17.3 Å². The molecule has 0 bridgehead atoms. The monoisotopic (exact) mass is 450 g/mol. The van der Waals surface area contributed by atoms with Gasteiger partial charge >= 0.3 is 0 Å². The fourth-order valence-corrected chi connectivity index (χ4v) is 3.67. The molecule has 0 unspecified atom stereocenters. The normalized spacial score (nSPS) is 13.4. The molecule has 1 aromatic heterocycles. The fraction of sp³-hybridized carbons (Fsp3) is 0.292. The van der Waals surface area contributed by atoms with Gasteiger partial charge in [-0.25, -0.2) is 0 Å². The van der Waals surface area contributed by atoms with Crippen molar-refractivity contribution in [3.63, 3.8) is 0 Å². The molecule has 9 heteroatoms. The van der Waals surface area contributed by atoms with Gasteiger partial charge in [0.1, 0.15) is 5.75 Å². The molecule has 172 valence electrons. The molecule has 0 radical (unpaired) electrons. The van der Waals surface area contributed by atoms with Gasteiger partial charge in [0, 0.05) is 37.8 Å². The summed E-state index contributed by atoms with van der Waals surface area (Å²) in [6.45, 7) is 2.40. The van der Waals surface area contributed by atoms with Crippen LogP contribution >= 0.6 is 0 Å². The molecule has 0 spiro atoms. The highest BCUT2D eigenvalue weighted by Crippen LogP contribution is 2.38. The highest BCUT2D eigenvalue weighted by atomic mass is 16.5. The third-order valence-corrected chi connectivity index (χ3v) is 5.39. The largest absolute Gasteiger partial charge is 0.493 e. The molecule has 0 N–H and O–H groups in total. The highest BCUT2D eigenvalue weighted by Gasteiger charge is 2.25. The molecule has 0 aliphatic carbocycles. The van der Waals surface area contributed by atoms with Gasteiger partial charge in [-0.1, -0.05) is 18.2 Å². The predicted octanol–water partition coefficient (Wildman–Crippen LogP) is 3.26. The van der Waals surface area contributed by atoms with E-state index in [1.165, 1.54) is 21.3 Å². The molecule has 2 heterocycles. The number of nitrogens with zero attached hydrogens (tertiary/aromatic N) is 4. The number of ether oxygens (including phenoxy) is 4. The lowest BCUT2D eigenvalue weighted by atomic mass is 10.1. The van der Waals surface area contributed by atoms with Gasteiger partial charge in [0.2, 0.25) is 11.6 Å². The number of para-hydroxylation sites is 1. The van der Waals surface area contributed by atoms with E-state index in [4.69, 9.17) is 18.9 Å². The maximum atomic E-state index is 13.1. The van der Waals surface area contributed by atoms with E-state index >= 15 is 0 Å². The number of carbonyl (C=O) groups is 1. The van der Waals surface area contributed by atoms with E-state index in [1.807, 2.05) is 36.4 Å². The van der Waals surface area contributed by atoms with Gasteiger partial charge in [-0.3, -0.25) is 4.79 Å². The Morgan fingerprint density at radius 3 is 2.03 bits per heavy atom. The van der Waals surface area contributed by atoms with E-state index in [0.717, 1.165) is 5.82 Å². The predicted molar refractivity (Wildman–Crippen MR) is 123 cm³/mol. The zero-order valence-electron chi connectivity index (χ0n) is 18.9. The number of anilines is 1. The first-order chi connectivity index (χ1) is 16.1. The number of hydrogen-bond acceptors (Lipinski definition) is 8. The van der Waals surface area contributed by atoms with E-state index < -0.39 is 0 Å². The number of piperazine rings is 1. The summed E-state index contributed by atoms with van der Waals surface area (Å²) in [6.07, 6.45) is 0. The van der Waals surface area contributed by atoms with E-state index in [9.17, 15) is 4.79 Å². The summed E-state index contributed by atoms with van der Waals surface area (Å²) in [7, 11) is 4.59. The molecule has 1 amide bonds. The Morgan fingerprint density at radius 2 is 1.48 bits per heavy atom. The van der Waals surface area contributed by atoms with Crippen molar-refractivity contribution in [1.82, 2.24) is 15.1 Å². The van der Waals surface area contributed by atoms with Crippen molar-refractivity contribution in [2.45, 2.75) is 0 Å². The number of amides is 1. The number of methoxy groups -OCH3 is 3. The summed E-state index contributed by atoms with van der Waals surface area (Å²) >= 11 is 0. The lowest BCUT2D eigenvalue weighted by Crippen LogP contribution is -2.49. The molecule has 0 atom stereocenters. The Bertz CT molecular complexity index is 1060. The van der Waals surface area contributed by atoms with Crippen LogP contribution in [0, 0.1) is 0 Å². The molecule has 2 aromatic carbocycles. The zero-order chi connectivity index (χ0) is 23.2. The molecule has 1 aliphatic rings. The van der Waals surface area contributed by atoms with E-state index in [1.54, 1.807) is 23.1 Å². The topological polar surface area (TPSA) is 86.3 Å². The zero-order valence-corrected chi connectivity index (χ0v) is 18.9. The second kappa shape index (κ2) is 10.1. The summed E-state index contributed by atoms with van der Waals surface area (Å²) in [4.78, 5) is 17.0. The number of aromatic nitrogens is 2. The van der Waals surface area contributed by atoms with Crippen LogP contribution in [0.4, 0.5) is 5.82 Å². The third-order valence-electron chi connectivity index (χ3n) is 5.39. The molecule has 1 aliphatic heterocycles. The first kappa shape index (κ1) is 22.2. The van der Waals surface area contributed by atoms with Gasteiger partial charge in [-0.2, -0.15) is 0 Å². The van der Waals surface area contributed by atoms with Crippen LogP contribution in [0.25, 0.3) is 0 Å². The van der Waals surface area contributed by atoms with Crippen molar-refractivity contribution >= 4 is 11.7 Å². The Balaban J connectivity index is 1.39. The SMILES string of the molecule is COc1cc(C(=O)N2CCN(c3ccc(Oc4ccccc4)nn3)CC2)cc(OC)c1OC. The van der Waals surface area contributed by atoms with Gasteiger partial charge < -0.3 is 28.7 Å². The number of hydrogen-bond donors (Lipinski definition) is 0. The van der Waals surface area contributed by atoms with Gasteiger partial charge in [-0.15, -0.1) is 10.2 Å². The van der Waals surface area contributed by atoms with Crippen molar-refractivity contribution in [2.75, 3.05) is 52.4 Å². The standard InChI is InChI=1S/C24H26N4O5/c1-30-19-15-17(16-20(31-2)23(19)32-3)24(29)28-13-11-27(12-14-28)21-9-10-22(26-25-21)33-18-7-5-4-6-8-18/h4-10,15-16H,11-14H2,1-3H3. The minimum atomic E-state index is -0.0911. The van der Waals surface area contributed by atoms with Crippen LogP contribution in [0.3, 0.4) is 0 Å². The molecule has 0 saturated carbocycles. The van der Waals surface area contributed by atoms with Crippen LogP contribution in [0.5, 0.6) is 28.9 Å². The Labute approximate surface area is 192 Å². The van der Waals surface area contributed by atoms with Crippen LogP contribution in [0.2, 0.25) is 0 Å². The van der Waals surface area contributed by atoms with Crippen molar-refractivity contribution in [1.29, 1.82) is 0 Å². The van der Waals surface area contributed by atoms with Gasteiger partial charge in [-0.05, 0) is 30.3 Å². The smallest absolute Gasteiger partial charge is 0.254 e. The van der Waals surface area contributed by atoms with E-state index in [2.05, 4.69) is 15.1 Å². The van der Waals surface area contributed by atoms with Gasteiger partial charge in [0.25, 0.3) is 5.91 Å². The van der Waals surface area contributed by atoms with Crippen molar-refractivity contribution in [3.05, 3.63) is 60.2 Å². The van der Waals surface area contributed by atoms with Crippen LogP contribution < -0.4 is 23.8 Å². The summed E-state index contributed by atoms with van der Waals surface area (Å²) < 4.78 is 21.8. The molecular weight excluding hydrogens is 424 g/mol. The van der Waals surface area contributed by atoms with Gasteiger partial charge in [0.05, 0.1) is 21.3 Å². The number of carbonyl (C=O) groups excluding carboxylic acids is 1. The summed E-state index contributed by atoms with van der Waals surface area (Å²) in [5, 5.41) is 8.46. The second-order valence-electron chi connectivity index (χ2n) is 7.34. The highest BCUT2D eigenvalue weighted by molar-refractivity contribution is 5.95. The number of benzene rings is 2. The molecule has 4 rings (SSSR count). The van der Waals surface area contributed by atoms with Crippen molar-refractivity contribution in [2.24, 2.45) is 0 Å². The second-order valence-corrected chi connectivity index (χ2v) is 7.34. The summed E-state index contributed by atoms with van der Waals surface area (Å²) in [5.41, 5.74) is 0.486. The molecule has 9 nitrogen and oxygen atoms in total. The van der Waals surface area contributed by atoms with Crippen LogP contribution in [0.15, 0.2) is 54.6 Å². The quantitative estimate of drug-likeness (QED) is 0.542. The summed E-state index contributed by atoms with van der Waals surface area (Å²) in [6, 6.07) is 16.5. The third kappa shape index (κ3) is 4.92. The van der Waals surface area contributed by atoms with Crippen LogP contribution in [-0.2, 0) is 0 Å². The average molecular weight is 450 g/mol.